The van der Waals surface area contributed by atoms with E-state index in [1.807, 2.05) is 0 Å². The molecule has 0 amide bonds. The SMILES string of the molecule is CC(C)OC(=O)[C@@H](C)N[P@@](=O)(OC[C@H]1O[C@@H](n2cnc3c(=O)[nH]c(N)nc32)[C@H](O)[C@@H]1CF)Oc1ccccc1. The van der Waals surface area contributed by atoms with Crippen LogP contribution in [0.5, 0.6) is 5.75 Å². The molecule has 3 heterocycles. The molecule has 4 rings (SSSR count). The maximum Gasteiger partial charge on any atom is 0.459 e. The Labute approximate surface area is 222 Å². The van der Waals surface area contributed by atoms with E-state index < -0.39 is 69.1 Å². The molecule has 212 valence electrons. The molecule has 0 saturated carbocycles. The summed E-state index contributed by atoms with van der Waals surface area (Å²) in [6, 6.07) is 7.01. The predicted molar refractivity (Wildman–Crippen MR) is 136 cm³/mol. The van der Waals surface area contributed by atoms with Gasteiger partial charge < -0.3 is 24.8 Å². The van der Waals surface area contributed by atoms with Crippen molar-refractivity contribution in [1.29, 1.82) is 0 Å². The van der Waals surface area contributed by atoms with Crippen LogP contribution in [0.4, 0.5) is 10.3 Å². The van der Waals surface area contributed by atoms with Crippen molar-refractivity contribution < 1.29 is 37.4 Å². The largest absolute Gasteiger partial charge is 0.462 e. The van der Waals surface area contributed by atoms with E-state index in [-0.39, 0.29) is 22.9 Å². The van der Waals surface area contributed by atoms with Gasteiger partial charge in [-0.05, 0) is 32.9 Å². The highest BCUT2D eigenvalue weighted by Gasteiger charge is 2.47. The highest BCUT2D eigenvalue weighted by molar-refractivity contribution is 7.52. The first-order chi connectivity index (χ1) is 18.5. The number of carbonyl (C=O) groups excluding carboxylic acids is 1. The normalized spacial score (nSPS) is 23.5. The zero-order valence-corrected chi connectivity index (χ0v) is 22.3. The number of H-pyrrole nitrogens is 1. The molecule has 0 unspecified atom stereocenters. The summed E-state index contributed by atoms with van der Waals surface area (Å²) in [6.07, 6.45) is -2.93. The first-order valence-electron chi connectivity index (χ1n) is 12.1. The van der Waals surface area contributed by atoms with E-state index >= 15 is 0 Å². The summed E-state index contributed by atoms with van der Waals surface area (Å²) in [5, 5.41) is 13.4. The summed E-state index contributed by atoms with van der Waals surface area (Å²) >= 11 is 0. The van der Waals surface area contributed by atoms with E-state index in [1.54, 1.807) is 32.0 Å². The number of imidazole rings is 1. The van der Waals surface area contributed by atoms with Gasteiger partial charge in [0.15, 0.2) is 17.4 Å². The monoisotopic (exact) mass is 568 g/mol. The second-order valence-corrected chi connectivity index (χ2v) is 10.9. The molecule has 14 nitrogen and oxygen atoms in total. The van der Waals surface area contributed by atoms with Gasteiger partial charge in [0.05, 0.1) is 31.8 Å². The predicted octanol–water partition coefficient (Wildman–Crippen LogP) is 1.68. The third-order valence-electron chi connectivity index (χ3n) is 5.86. The number of hydrogen-bond donors (Lipinski definition) is 4. The number of aromatic nitrogens is 4. The maximum atomic E-state index is 14.1. The van der Waals surface area contributed by atoms with Crippen LogP contribution in [0, 0.1) is 5.92 Å². The van der Waals surface area contributed by atoms with E-state index in [9.17, 15) is 23.7 Å². The number of ether oxygens (including phenoxy) is 2. The van der Waals surface area contributed by atoms with Crippen molar-refractivity contribution in [3.8, 4) is 5.75 Å². The Morgan fingerprint density at radius 3 is 2.72 bits per heavy atom. The number of aliphatic hydroxyl groups is 1. The number of nitrogens with two attached hydrogens (primary N) is 1. The lowest BCUT2D eigenvalue weighted by molar-refractivity contribution is -0.149. The zero-order valence-electron chi connectivity index (χ0n) is 21.4. The summed E-state index contributed by atoms with van der Waals surface area (Å²) in [5.41, 5.74) is 5.01. The lowest BCUT2D eigenvalue weighted by Gasteiger charge is -2.25. The molecule has 0 spiro atoms. The Morgan fingerprint density at radius 2 is 2.05 bits per heavy atom. The molecule has 39 heavy (non-hydrogen) atoms. The van der Waals surface area contributed by atoms with Crippen LogP contribution in [0.15, 0.2) is 41.5 Å². The van der Waals surface area contributed by atoms with Crippen molar-refractivity contribution in [2.45, 2.75) is 51.4 Å². The van der Waals surface area contributed by atoms with Crippen LogP contribution in [0.3, 0.4) is 0 Å². The highest BCUT2D eigenvalue weighted by Crippen LogP contribution is 2.46. The van der Waals surface area contributed by atoms with Gasteiger partial charge in [-0.15, -0.1) is 0 Å². The van der Waals surface area contributed by atoms with E-state index in [2.05, 4.69) is 20.0 Å². The minimum absolute atomic E-state index is 0.0247. The minimum Gasteiger partial charge on any atom is -0.462 e. The van der Waals surface area contributed by atoms with Crippen LogP contribution in [0.1, 0.15) is 27.0 Å². The van der Waals surface area contributed by atoms with Gasteiger partial charge in [0, 0.05) is 5.92 Å². The van der Waals surface area contributed by atoms with Crippen molar-refractivity contribution in [3.05, 3.63) is 47.0 Å². The van der Waals surface area contributed by atoms with E-state index in [0.717, 1.165) is 0 Å². The molecular weight excluding hydrogens is 538 g/mol. The Balaban J connectivity index is 1.55. The summed E-state index contributed by atoms with van der Waals surface area (Å²) in [6.45, 7) is 3.26. The number of rotatable bonds is 11. The number of nitrogens with zero attached hydrogens (tertiary/aromatic N) is 3. The van der Waals surface area contributed by atoms with Gasteiger partial charge in [0.25, 0.3) is 5.56 Å². The Kier molecular flexibility index (Phi) is 8.67. The summed E-state index contributed by atoms with van der Waals surface area (Å²) in [7, 11) is -4.26. The Hall–Kier alpha value is -3.36. The summed E-state index contributed by atoms with van der Waals surface area (Å²) < 4.78 is 51.3. The van der Waals surface area contributed by atoms with Crippen LogP contribution >= 0.6 is 7.75 Å². The van der Waals surface area contributed by atoms with Crippen LogP contribution in [0.25, 0.3) is 11.2 Å². The van der Waals surface area contributed by atoms with Gasteiger partial charge in [-0.25, -0.2) is 9.55 Å². The molecule has 0 aliphatic carbocycles. The number of carbonyl (C=O) groups is 1. The topological polar surface area (TPSA) is 193 Å². The first kappa shape index (κ1) is 28.6. The lowest BCUT2D eigenvalue weighted by atomic mass is 10.0. The molecule has 0 bridgehead atoms. The van der Waals surface area contributed by atoms with Crippen LogP contribution in [-0.4, -0.2) is 68.2 Å². The molecule has 2 aromatic heterocycles. The van der Waals surface area contributed by atoms with Gasteiger partial charge in [-0.2, -0.15) is 10.1 Å². The molecule has 5 N–H and O–H groups in total. The van der Waals surface area contributed by atoms with E-state index in [0.29, 0.717) is 0 Å². The van der Waals surface area contributed by atoms with Gasteiger partial charge in [0.2, 0.25) is 5.95 Å². The summed E-state index contributed by atoms with van der Waals surface area (Å²) in [4.78, 5) is 34.8. The number of para-hydroxylation sites is 1. The number of alkyl halides is 1. The number of nitrogens with one attached hydrogen (secondary N) is 2. The number of anilines is 1. The fourth-order valence-electron chi connectivity index (χ4n) is 4.01. The molecule has 3 aromatic rings. The second-order valence-electron chi connectivity index (χ2n) is 9.18. The van der Waals surface area contributed by atoms with Crippen LogP contribution in [-0.2, 0) is 23.4 Å². The number of aromatic amines is 1. The van der Waals surface area contributed by atoms with Crippen LogP contribution < -0.4 is 20.9 Å². The van der Waals surface area contributed by atoms with Gasteiger partial charge in [-0.3, -0.25) is 28.1 Å². The van der Waals surface area contributed by atoms with E-state index in [1.165, 1.54) is 30.0 Å². The average molecular weight is 568 g/mol. The second kappa shape index (κ2) is 11.8. The van der Waals surface area contributed by atoms with Crippen molar-refractivity contribution in [2.24, 2.45) is 5.92 Å². The maximum absolute atomic E-state index is 14.1. The molecule has 1 aromatic carbocycles. The van der Waals surface area contributed by atoms with Gasteiger partial charge in [-0.1, -0.05) is 18.2 Å². The van der Waals surface area contributed by atoms with Crippen molar-refractivity contribution >= 4 is 30.8 Å². The number of aliphatic hydroxyl groups excluding tert-OH is 1. The molecule has 0 radical (unpaired) electrons. The molecule has 6 atom stereocenters. The molecule has 1 aliphatic heterocycles. The van der Waals surface area contributed by atoms with Crippen molar-refractivity contribution in [1.82, 2.24) is 24.6 Å². The number of esters is 1. The molecule has 1 aliphatic rings. The third kappa shape index (κ3) is 6.45. The molecule has 1 fully saturated rings. The first-order valence-corrected chi connectivity index (χ1v) is 13.6. The molecule has 16 heteroatoms. The number of benzene rings is 1. The molecular formula is C23H30FN6O8P. The molecule has 1 saturated heterocycles. The highest BCUT2D eigenvalue weighted by atomic mass is 31.2. The van der Waals surface area contributed by atoms with Gasteiger partial charge >= 0.3 is 13.7 Å². The van der Waals surface area contributed by atoms with Crippen molar-refractivity contribution in [2.75, 3.05) is 19.0 Å². The standard InChI is InChI=1S/C23H30FN6O8P/c1-12(2)36-22(33)13(3)29-39(34,38-14-7-5-4-6-8-14)35-10-16-15(9-24)18(31)21(37-16)30-11-26-17-19(30)27-23(25)28-20(17)32/h4-8,11-13,15-16,18,21,31H,9-10H2,1-3H3,(H,29,34)(H3,25,27,28,32)/t13-,15-,16-,18-,21-,39-/m1/s1. The average Bonchev–Trinajstić information content (AvgIpc) is 3.43. The van der Waals surface area contributed by atoms with Crippen LogP contribution in [0.2, 0.25) is 0 Å². The minimum atomic E-state index is -4.26. The number of fused-ring (bicyclic) bond motifs is 1. The fourth-order valence-corrected chi connectivity index (χ4v) is 5.51. The number of nitrogen functional groups attached to an aromatic ring is 1. The quantitative estimate of drug-likeness (QED) is 0.193. The fraction of sp³-hybridized carbons (Fsp3) is 0.478. The Morgan fingerprint density at radius 1 is 1.33 bits per heavy atom. The van der Waals surface area contributed by atoms with Gasteiger partial charge in [0.1, 0.15) is 17.9 Å². The lowest BCUT2D eigenvalue weighted by Crippen LogP contribution is -2.37. The summed E-state index contributed by atoms with van der Waals surface area (Å²) in [5.74, 6) is -1.79. The smallest absolute Gasteiger partial charge is 0.459 e. The van der Waals surface area contributed by atoms with E-state index in [4.69, 9.17) is 24.3 Å². The van der Waals surface area contributed by atoms with Crippen molar-refractivity contribution in [3.63, 3.8) is 0 Å². The zero-order chi connectivity index (χ0) is 28.3. The number of hydrogen-bond acceptors (Lipinski definition) is 11. The Bertz CT molecular complexity index is 1400. The number of halogens is 1. The third-order valence-corrected chi connectivity index (χ3v) is 7.50.